The van der Waals surface area contributed by atoms with Crippen LogP contribution in [0.4, 0.5) is 0 Å². The maximum Gasteiger partial charge on any atom is 0.231 e. The van der Waals surface area contributed by atoms with Crippen molar-refractivity contribution in [3.63, 3.8) is 0 Å². The maximum absolute atomic E-state index is 12.2. The predicted molar refractivity (Wildman–Crippen MR) is 86.8 cm³/mol. The quantitative estimate of drug-likeness (QED) is 0.574. The fourth-order valence-electron chi connectivity index (χ4n) is 2.74. The number of hydrogen-bond donors (Lipinski definition) is 1. The molecule has 2 rings (SSSR count). The van der Waals surface area contributed by atoms with Gasteiger partial charge in [0.05, 0.1) is 11.8 Å². The molecule has 0 bridgehead atoms. The first-order valence-electron chi connectivity index (χ1n) is 7.91. The molecule has 0 saturated heterocycles. The second-order valence-corrected chi connectivity index (χ2v) is 6.69. The minimum Gasteiger partial charge on any atom is -0.385 e. The van der Waals surface area contributed by atoms with Gasteiger partial charge in [0.25, 0.3) is 0 Å². The van der Waals surface area contributed by atoms with Gasteiger partial charge in [-0.15, -0.1) is 10.2 Å². The number of nitrogens with zero attached hydrogens (tertiary/aromatic N) is 4. The first-order valence-corrected chi connectivity index (χ1v) is 8.89. The van der Waals surface area contributed by atoms with E-state index >= 15 is 0 Å². The predicted octanol–water partition coefficient (Wildman–Crippen LogP) is 1.75. The van der Waals surface area contributed by atoms with Crippen LogP contribution in [-0.4, -0.2) is 45.7 Å². The van der Waals surface area contributed by atoms with Crippen molar-refractivity contribution in [1.82, 2.24) is 20.1 Å². The number of ether oxygens (including phenoxy) is 1. The Morgan fingerprint density at radius 2 is 2.30 bits per heavy atom. The molecule has 7 nitrogen and oxygen atoms in total. The molecular formula is C15H23N5O2S. The number of aromatic nitrogens is 3. The van der Waals surface area contributed by atoms with Gasteiger partial charge in [0.2, 0.25) is 5.91 Å². The van der Waals surface area contributed by atoms with Crippen LogP contribution < -0.4 is 5.32 Å². The van der Waals surface area contributed by atoms with Crippen LogP contribution in [0, 0.1) is 11.3 Å². The lowest BCUT2D eigenvalue weighted by Crippen LogP contribution is -2.49. The van der Waals surface area contributed by atoms with Gasteiger partial charge in [0.15, 0.2) is 5.16 Å². The molecule has 1 saturated carbocycles. The molecule has 0 radical (unpaired) electrons. The largest absolute Gasteiger partial charge is 0.385 e. The van der Waals surface area contributed by atoms with Gasteiger partial charge in [-0.05, 0) is 19.3 Å². The Labute approximate surface area is 140 Å². The number of carbonyl (C=O) groups excluding carboxylic acids is 1. The highest BCUT2D eigenvalue weighted by Gasteiger charge is 2.33. The number of nitriles is 1. The van der Waals surface area contributed by atoms with E-state index in [4.69, 9.17) is 4.74 Å². The zero-order valence-corrected chi connectivity index (χ0v) is 14.3. The Balaban J connectivity index is 1.82. The van der Waals surface area contributed by atoms with Gasteiger partial charge in [0.1, 0.15) is 11.9 Å². The van der Waals surface area contributed by atoms with Crippen LogP contribution >= 0.6 is 11.8 Å². The SMILES string of the molecule is COCCCn1cnnc1SCC(=O)NC1(C#N)CCCCC1. The van der Waals surface area contributed by atoms with E-state index in [0.29, 0.717) is 11.8 Å². The topological polar surface area (TPSA) is 92.8 Å². The molecule has 0 aliphatic heterocycles. The van der Waals surface area contributed by atoms with E-state index in [-0.39, 0.29) is 11.7 Å². The highest BCUT2D eigenvalue weighted by molar-refractivity contribution is 7.99. The summed E-state index contributed by atoms with van der Waals surface area (Å²) in [6.07, 6.45) is 7.14. The Kier molecular flexibility index (Phi) is 6.86. The molecule has 1 aromatic heterocycles. The summed E-state index contributed by atoms with van der Waals surface area (Å²) in [5, 5.41) is 21.0. The van der Waals surface area contributed by atoms with E-state index in [2.05, 4.69) is 21.6 Å². The van der Waals surface area contributed by atoms with Crippen LogP contribution in [0.15, 0.2) is 11.5 Å². The van der Waals surface area contributed by atoms with Crippen molar-refractivity contribution in [2.24, 2.45) is 0 Å². The second kappa shape index (κ2) is 8.89. The molecule has 0 unspecified atom stereocenters. The summed E-state index contributed by atoms with van der Waals surface area (Å²) in [6.45, 7) is 1.43. The lowest BCUT2D eigenvalue weighted by molar-refractivity contribution is -0.120. The summed E-state index contributed by atoms with van der Waals surface area (Å²) in [5.41, 5.74) is -0.679. The van der Waals surface area contributed by atoms with Crippen LogP contribution in [0.25, 0.3) is 0 Å². The van der Waals surface area contributed by atoms with Crippen LogP contribution in [-0.2, 0) is 16.1 Å². The van der Waals surface area contributed by atoms with Crippen molar-refractivity contribution in [1.29, 1.82) is 5.26 Å². The fraction of sp³-hybridized carbons (Fsp3) is 0.733. The molecule has 126 valence electrons. The van der Waals surface area contributed by atoms with Gasteiger partial charge in [0, 0.05) is 20.3 Å². The van der Waals surface area contributed by atoms with Gasteiger partial charge in [-0.3, -0.25) is 4.79 Å². The number of methoxy groups -OCH3 is 1. The zero-order chi connectivity index (χ0) is 16.5. The first kappa shape index (κ1) is 17.8. The average molecular weight is 337 g/mol. The van der Waals surface area contributed by atoms with Crippen molar-refractivity contribution in [3.05, 3.63) is 6.33 Å². The normalized spacial score (nSPS) is 16.7. The van der Waals surface area contributed by atoms with Crippen molar-refractivity contribution >= 4 is 17.7 Å². The molecule has 1 aliphatic carbocycles. The van der Waals surface area contributed by atoms with Crippen LogP contribution in [0.1, 0.15) is 38.5 Å². The smallest absolute Gasteiger partial charge is 0.231 e. The van der Waals surface area contributed by atoms with E-state index in [9.17, 15) is 10.1 Å². The molecule has 23 heavy (non-hydrogen) atoms. The van der Waals surface area contributed by atoms with Gasteiger partial charge in [-0.2, -0.15) is 5.26 Å². The highest BCUT2D eigenvalue weighted by Crippen LogP contribution is 2.27. The van der Waals surface area contributed by atoms with E-state index in [1.54, 1.807) is 13.4 Å². The van der Waals surface area contributed by atoms with Crippen LogP contribution in [0.5, 0.6) is 0 Å². The Hall–Kier alpha value is -1.59. The third kappa shape index (κ3) is 5.22. The van der Waals surface area contributed by atoms with Gasteiger partial charge < -0.3 is 14.6 Å². The number of carbonyl (C=O) groups is 1. The molecule has 1 aliphatic rings. The van der Waals surface area contributed by atoms with E-state index in [0.717, 1.165) is 45.1 Å². The van der Waals surface area contributed by atoms with Crippen LogP contribution in [0.3, 0.4) is 0 Å². The fourth-order valence-corrected chi connectivity index (χ4v) is 3.48. The minimum atomic E-state index is -0.679. The molecule has 1 N–H and O–H groups in total. The molecule has 0 aromatic carbocycles. The van der Waals surface area contributed by atoms with E-state index in [1.165, 1.54) is 11.8 Å². The summed E-state index contributed by atoms with van der Waals surface area (Å²) < 4.78 is 6.94. The van der Waals surface area contributed by atoms with E-state index in [1.807, 2.05) is 4.57 Å². The average Bonchev–Trinajstić information content (AvgIpc) is 3.01. The second-order valence-electron chi connectivity index (χ2n) is 5.74. The zero-order valence-electron chi connectivity index (χ0n) is 13.5. The van der Waals surface area contributed by atoms with Crippen LogP contribution in [0.2, 0.25) is 0 Å². The Bertz CT molecular complexity index is 548. The Morgan fingerprint density at radius 3 is 3.00 bits per heavy atom. The lowest BCUT2D eigenvalue weighted by atomic mass is 9.83. The monoisotopic (exact) mass is 337 g/mol. The lowest BCUT2D eigenvalue weighted by Gasteiger charge is -2.31. The minimum absolute atomic E-state index is 0.120. The number of rotatable bonds is 8. The third-order valence-corrected chi connectivity index (χ3v) is 4.94. The number of amides is 1. The van der Waals surface area contributed by atoms with Gasteiger partial charge in [-0.25, -0.2) is 0 Å². The molecule has 8 heteroatoms. The molecule has 1 fully saturated rings. The summed E-state index contributed by atoms with van der Waals surface area (Å²) in [6, 6.07) is 2.30. The standard InChI is InChI=1S/C15H23N5O2S/c1-22-9-5-8-20-12-17-19-14(20)23-10-13(21)18-15(11-16)6-3-2-4-7-15/h12H,2-10H2,1H3,(H,18,21). The number of hydrogen-bond acceptors (Lipinski definition) is 6. The van der Waals surface area contributed by atoms with Crippen molar-refractivity contribution in [2.45, 2.75) is 55.8 Å². The maximum atomic E-state index is 12.2. The molecule has 1 aromatic rings. The number of aryl methyl sites for hydroxylation is 1. The summed E-state index contributed by atoms with van der Waals surface area (Å²) in [5.74, 6) is 0.122. The molecular weight excluding hydrogens is 314 g/mol. The van der Waals surface area contributed by atoms with Gasteiger partial charge >= 0.3 is 0 Å². The molecule has 1 heterocycles. The number of nitrogens with one attached hydrogen (secondary N) is 1. The highest BCUT2D eigenvalue weighted by atomic mass is 32.2. The Morgan fingerprint density at radius 1 is 1.52 bits per heavy atom. The summed E-state index contributed by atoms with van der Waals surface area (Å²) in [4.78, 5) is 12.2. The molecule has 0 atom stereocenters. The van der Waals surface area contributed by atoms with Crippen molar-refractivity contribution < 1.29 is 9.53 Å². The third-order valence-electron chi connectivity index (χ3n) is 3.96. The molecule has 0 spiro atoms. The summed E-state index contributed by atoms with van der Waals surface area (Å²) >= 11 is 1.34. The summed E-state index contributed by atoms with van der Waals surface area (Å²) in [7, 11) is 1.67. The van der Waals surface area contributed by atoms with Gasteiger partial charge in [-0.1, -0.05) is 31.0 Å². The van der Waals surface area contributed by atoms with E-state index < -0.39 is 5.54 Å². The first-order chi connectivity index (χ1) is 11.2. The van der Waals surface area contributed by atoms with Crippen molar-refractivity contribution in [3.8, 4) is 6.07 Å². The molecule has 1 amide bonds. The number of thioether (sulfide) groups is 1. The van der Waals surface area contributed by atoms with Crippen molar-refractivity contribution in [2.75, 3.05) is 19.5 Å².